The quantitative estimate of drug-likeness (QED) is 0.656. The van der Waals surface area contributed by atoms with Crippen LogP contribution in [0.5, 0.6) is 0 Å². The lowest BCUT2D eigenvalue weighted by molar-refractivity contribution is 0.182. The van der Waals surface area contributed by atoms with Gasteiger partial charge in [-0.1, -0.05) is 18.2 Å². The van der Waals surface area contributed by atoms with E-state index in [0.29, 0.717) is 28.8 Å². The van der Waals surface area contributed by atoms with Gasteiger partial charge in [-0.3, -0.25) is 4.90 Å². The Morgan fingerprint density at radius 2 is 1.92 bits per heavy atom. The van der Waals surface area contributed by atoms with Gasteiger partial charge in [-0.05, 0) is 50.5 Å². The van der Waals surface area contributed by atoms with Crippen molar-refractivity contribution in [1.82, 2.24) is 14.8 Å². The number of halogens is 1. The van der Waals surface area contributed by atoms with E-state index in [2.05, 4.69) is 6.58 Å². The zero-order valence-corrected chi connectivity index (χ0v) is 15.0. The van der Waals surface area contributed by atoms with Crippen LogP contribution in [-0.2, 0) is 0 Å². The van der Waals surface area contributed by atoms with Crippen LogP contribution in [-0.4, -0.2) is 48.0 Å². The summed E-state index contributed by atoms with van der Waals surface area (Å²) in [6.45, 7) is 5.30. The molecule has 0 aliphatic carbocycles. The molecule has 1 aromatic heterocycles. The van der Waals surface area contributed by atoms with Crippen molar-refractivity contribution in [1.29, 1.82) is 0 Å². The minimum absolute atomic E-state index is 0.277. The molecule has 1 aliphatic heterocycles. The molecule has 6 nitrogen and oxygen atoms in total. The number of nitrogens with zero attached hydrogens (tertiary/aromatic N) is 3. The summed E-state index contributed by atoms with van der Waals surface area (Å²) in [5.41, 5.74) is 1.52. The monoisotopic (exact) mass is 360 g/mol. The first-order valence-electron chi connectivity index (χ1n) is 7.93. The summed E-state index contributed by atoms with van der Waals surface area (Å²) in [5.74, 6) is 7.27. The molecule has 1 aliphatic rings. The molecule has 2 aromatic rings. The Morgan fingerprint density at radius 1 is 1.24 bits per heavy atom. The molecular weight excluding hydrogens is 340 g/mol. The van der Waals surface area contributed by atoms with Gasteiger partial charge in [0.15, 0.2) is 0 Å². The SMILES string of the molecule is C=C1C(c2ccc(-c3ccc(Cl)cc3)o2)N(N)C(=O)N1CCN(C)C. The van der Waals surface area contributed by atoms with Crippen molar-refractivity contribution >= 4 is 17.6 Å². The normalized spacial score (nSPS) is 17.9. The molecule has 0 radical (unpaired) electrons. The molecule has 1 fully saturated rings. The van der Waals surface area contributed by atoms with Crippen LogP contribution in [0, 0.1) is 0 Å². The third-order valence-electron chi connectivity index (χ3n) is 4.19. The summed E-state index contributed by atoms with van der Waals surface area (Å²) in [5, 5.41) is 1.83. The van der Waals surface area contributed by atoms with Crippen molar-refractivity contribution in [2.45, 2.75) is 6.04 Å². The van der Waals surface area contributed by atoms with E-state index in [1.54, 1.807) is 17.0 Å². The smallest absolute Gasteiger partial charge is 0.339 e. The van der Waals surface area contributed by atoms with Crippen LogP contribution < -0.4 is 5.84 Å². The van der Waals surface area contributed by atoms with E-state index in [9.17, 15) is 4.79 Å². The molecular formula is C18H21ClN4O2. The van der Waals surface area contributed by atoms with E-state index in [-0.39, 0.29) is 6.03 Å². The highest BCUT2D eigenvalue weighted by molar-refractivity contribution is 6.30. The maximum absolute atomic E-state index is 12.4. The van der Waals surface area contributed by atoms with Crippen molar-refractivity contribution < 1.29 is 9.21 Å². The van der Waals surface area contributed by atoms with Gasteiger partial charge in [-0.25, -0.2) is 15.6 Å². The number of amides is 2. The van der Waals surface area contributed by atoms with Crippen molar-refractivity contribution in [2.75, 3.05) is 27.2 Å². The van der Waals surface area contributed by atoms with Gasteiger partial charge in [0.2, 0.25) is 0 Å². The maximum Gasteiger partial charge on any atom is 0.339 e. The average Bonchev–Trinajstić information content (AvgIpc) is 3.11. The van der Waals surface area contributed by atoms with Crippen LogP contribution >= 0.6 is 11.6 Å². The van der Waals surface area contributed by atoms with E-state index >= 15 is 0 Å². The summed E-state index contributed by atoms with van der Waals surface area (Å²) in [4.78, 5) is 16.0. The topological polar surface area (TPSA) is 66.0 Å². The molecule has 1 saturated heterocycles. The number of carbonyl (C=O) groups excluding carboxylic acids is 1. The zero-order valence-electron chi connectivity index (χ0n) is 14.3. The Balaban J connectivity index is 1.83. The number of nitrogens with two attached hydrogens (primary N) is 1. The molecule has 0 spiro atoms. The van der Waals surface area contributed by atoms with Gasteiger partial charge in [0.25, 0.3) is 0 Å². The second-order valence-corrected chi connectivity index (χ2v) is 6.68. The summed E-state index contributed by atoms with van der Waals surface area (Å²) in [6.07, 6.45) is 0. The van der Waals surface area contributed by atoms with Gasteiger partial charge in [-0.15, -0.1) is 0 Å². The van der Waals surface area contributed by atoms with Gasteiger partial charge in [0, 0.05) is 29.4 Å². The number of hydrogen-bond acceptors (Lipinski definition) is 4. The van der Waals surface area contributed by atoms with E-state index in [1.165, 1.54) is 5.01 Å². The lowest BCUT2D eigenvalue weighted by atomic mass is 10.1. The van der Waals surface area contributed by atoms with Crippen LogP contribution in [0.3, 0.4) is 0 Å². The number of rotatable bonds is 5. The molecule has 7 heteroatoms. The number of benzene rings is 1. The molecule has 2 amide bonds. The molecule has 0 saturated carbocycles. The van der Waals surface area contributed by atoms with Crippen LogP contribution in [0.1, 0.15) is 11.8 Å². The summed E-state index contributed by atoms with van der Waals surface area (Å²) >= 11 is 5.92. The van der Waals surface area contributed by atoms with Crippen molar-refractivity contribution in [2.24, 2.45) is 5.84 Å². The third kappa shape index (κ3) is 3.42. The predicted molar refractivity (Wildman–Crippen MR) is 97.7 cm³/mol. The van der Waals surface area contributed by atoms with Gasteiger partial charge in [-0.2, -0.15) is 0 Å². The Kier molecular flexibility index (Phi) is 4.85. The fourth-order valence-corrected chi connectivity index (χ4v) is 2.92. The molecule has 1 unspecified atom stereocenters. The van der Waals surface area contributed by atoms with E-state index in [0.717, 1.165) is 12.1 Å². The lowest BCUT2D eigenvalue weighted by Crippen LogP contribution is -2.39. The van der Waals surface area contributed by atoms with Crippen LogP contribution in [0.2, 0.25) is 5.02 Å². The maximum atomic E-state index is 12.4. The summed E-state index contributed by atoms with van der Waals surface area (Å²) in [6, 6.07) is 10.3. The number of hydrogen-bond donors (Lipinski definition) is 1. The van der Waals surface area contributed by atoms with Crippen molar-refractivity contribution in [3.63, 3.8) is 0 Å². The Hall–Kier alpha value is -2.28. The van der Waals surface area contributed by atoms with E-state index in [1.807, 2.05) is 43.3 Å². The zero-order chi connectivity index (χ0) is 18.1. The van der Waals surface area contributed by atoms with Crippen LogP contribution in [0.15, 0.2) is 53.1 Å². The highest BCUT2D eigenvalue weighted by Crippen LogP contribution is 2.37. The molecule has 2 N–H and O–H groups in total. The summed E-state index contributed by atoms with van der Waals surface area (Å²) in [7, 11) is 3.90. The standard InChI is InChI=1S/C18H21ClN4O2/c1-12-17(23(20)18(24)22(12)11-10-21(2)3)16-9-8-15(25-16)13-4-6-14(19)7-5-13/h4-9,17H,1,10-11,20H2,2-3H3. The summed E-state index contributed by atoms with van der Waals surface area (Å²) < 4.78 is 5.94. The molecule has 1 atom stereocenters. The highest BCUT2D eigenvalue weighted by atomic mass is 35.5. The fourth-order valence-electron chi connectivity index (χ4n) is 2.79. The number of urea groups is 1. The Bertz CT molecular complexity index is 785. The first kappa shape index (κ1) is 17.5. The second kappa shape index (κ2) is 6.92. The van der Waals surface area contributed by atoms with Crippen molar-refractivity contribution in [3.8, 4) is 11.3 Å². The third-order valence-corrected chi connectivity index (χ3v) is 4.44. The van der Waals surface area contributed by atoms with Crippen LogP contribution in [0.25, 0.3) is 11.3 Å². The molecule has 132 valence electrons. The number of furan rings is 1. The number of likely N-dealkylation sites (N-methyl/N-ethyl adjacent to an activating group) is 1. The molecule has 0 bridgehead atoms. The van der Waals surface area contributed by atoms with Gasteiger partial charge in [0.05, 0.1) is 0 Å². The minimum atomic E-state index is -0.504. The second-order valence-electron chi connectivity index (χ2n) is 6.25. The fraction of sp³-hybridized carbons (Fsp3) is 0.278. The molecule has 25 heavy (non-hydrogen) atoms. The number of hydrazine groups is 1. The first-order valence-corrected chi connectivity index (χ1v) is 8.31. The molecule has 2 heterocycles. The van der Waals surface area contributed by atoms with E-state index in [4.69, 9.17) is 21.9 Å². The van der Waals surface area contributed by atoms with Gasteiger partial charge < -0.3 is 9.32 Å². The Labute approximate surface area is 152 Å². The van der Waals surface area contributed by atoms with Gasteiger partial charge in [0.1, 0.15) is 17.6 Å². The molecule has 1 aromatic carbocycles. The van der Waals surface area contributed by atoms with E-state index < -0.39 is 6.04 Å². The van der Waals surface area contributed by atoms with Gasteiger partial charge >= 0.3 is 6.03 Å². The first-order chi connectivity index (χ1) is 11.9. The predicted octanol–water partition coefficient (Wildman–Crippen LogP) is 3.33. The highest BCUT2D eigenvalue weighted by Gasteiger charge is 2.41. The number of carbonyl (C=O) groups is 1. The van der Waals surface area contributed by atoms with Crippen LogP contribution in [0.4, 0.5) is 4.79 Å². The Morgan fingerprint density at radius 3 is 2.56 bits per heavy atom. The van der Waals surface area contributed by atoms with Crippen molar-refractivity contribution in [3.05, 3.63) is 59.5 Å². The molecule has 3 rings (SSSR count). The largest absolute Gasteiger partial charge is 0.458 e. The lowest BCUT2D eigenvalue weighted by Gasteiger charge is -2.18. The average molecular weight is 361 g/mol. The minimum Gasteiger partial charge on any atom is -0.458 e.